The molecule has 0 amide bonds. The fourth-order valence-electron chi connectivity index (χ4n) is 4.14. The van der Waals surface area contributed by atoms with Gasteiger partial charge in [0.2, 0.25) is 5.71 Å². The average Bonchev–Trinajstić information content (AvgIpc) is 3.27. The molecule has 199 valence electrons. The van der Waals surface area contributed by atoms with Crippen LogP contribution in [0.5, 0.6) is 0 Å². The molecule has 0 unspecified atom stereocenters. The maximum absolute atomic E-state index is 12.8. The minimum Gasteiger partial charge on any atom is -0.486 e. The molecule has 2 aromatic carbocycles. The van der Waals surface area contributed by atoms with Crippen molar-refractivity contribution >= 4 is 35.3 Å². The van der Waals surface area contributed by atoms with Crippen LogP contribution in [-0.4, -0.2) is 23.0 Å². The summed E-state index contributed by atoms with van der Waals surface area (Å²) >= 11 is 0. The molecule has 0 aliphatic heterocycles. The molecule has 6 aromatic rings. The molecule has 0 saturated heterocycles. The number of hydrogen-bond acceptors (Lipinski definition) is 4. The molecule has 0 spiro atoms. The van der Waals surface area contributed by atoms with Gasteiger partial charge in [-0.3, -0.25) is 4.39 Å². The monoisotopic (exact) mass is 710 g/mol. The third-order valence-electron chi connectivity index (χ3n) is 6.29. The fraction of sp³-hybridized carbons (Fsp3) is 0.156. The number of halogens is 1. The van der Waals surface area contributed by atoms with E-state index in [1.807, 2.05) is 55.7 Å². The minimum atomic E-state index is -1.30. The van der Waals surface area contributed by atoms with Gasteiger partial charge in [-0.1, -0.05) is 54.4 Å². The number of fused-ring (bicyclic) bond motifs is 3. The third kappa shape index (κ3) is 6.39. The Kier molecular flexibility index (Phi) is 8.55. The van der Waals surface area contributed by atoms with Crippen molar-refractivity contribution in [2.24, 2.45) is 0 Å². The third-order valence-corrected chi connectivity index (χ3v) is 8.32. The predicted molar refractivity (Wildman–Crippen MR) is 155 cm³/mol. The van der Waals surface area contributed by atoms with E-state index in [2.05, 4.69) is 65.8 Å². The zero-order valence-electron chi connectivity index (χ0n) is 22.5. The Bertz CT molecular complexity index is 1730. The van der Waals surface area contributed by atoms with Crippen LogP contribution in [0.3, 0.4) is 0 Å². The molecule has 4 nitrogen and oxygen atoms in total. The second kappa shape index (κ2) is 11.7. The number of pyridine rings is 3. The van der Waals surface area contributed by atoms with Gasteiger partial charge < -0.3 is 14.4 Å². The first-order valence-electron chi connectivity index (χ1n) is 12.5. The molecule has 39 heavy (non-hydrogen) atoms. The van der Waals surface area contributed by atoms with E-state index >= 15 is 0 Å². The molecular weight excluding hydrogens is 682 g/mol. The summed E-state index contributed by atoms with van der Waals surface area (Å²) in [7, 11) is -1.30. The summed E-state index contributed by atoms with van der Waals surface area (Å²) in [6.45, 7) is 10.9. The fourth-order valence-corrected chi connectivity index (χ4v) is 5.18. The normalized spacial score (nSPS) is 11.1. The summed E-state index contributed by atoms with van der Waals surface area (Å²) in [5.41, 5.74) is 6.99. The van der Waals surface area contributed by atoms with Crippen molar-refractivity contribution in [1.29, 1.82) is 0 Å². The summed E-state index contributed by atoms with van der Waals surface area (Å²) in [4.78, 5) is 13.3. The summed E-state index contributed by atoms with van der Waals surface area (Å²) in [6.07, 6.45) is 3.74. The van der Waals surface area contributed by atoms with Crippen LogP contribution in [0.25, 0.3) is 44.6 Å². The van der Waals surface area contributed by atoms with Crippen molar-refractivity contribution in [2.45, 2.75) is 33.5 Å². The van der Waals surface area contributed by atoms with E-state index in [1.54, 1.807) is 6.07 Å². The SMILES string of the molecule is C[Si](C)(C)c1ccc(-c2[c-]cc(F)cc2)nc1.Cc1ccnc(-c2[c-]ccc3c2oc2nc(C)ccc23)c1.[Ir]. The number of aryl methyl sites for hydroxylation is 2. The van der Waals surface area contributed by atoms with Crippen LogP contribution >= 0.6 is 0 Å². The largest absolute Gasteiger partial charge is 0.486 e. The van der Waals surface area contributed by atoms with Crippen LogP contribution in [0, 0.1) is 31.8 Å². The second-order valence-electron chi connectivity index (χ2n) is 10.3. The maximum Gasteiger partial charge on any atom is 0.216 e. The first kappa shape index (κ1) is 28.5. The predicted octanol–water partition coefficient (Wildman–Crippen LogP) is 7.69. The summed E-state index contributed by atoms with van der Waals surface area (Å²) in [5, 5.41) is 3.40. The van der Waals surface area contributed by atoms with E-state index in [0.717, 1.165) is 50.1 Å². The van der Waals surface area contributed by atoms with E-state index in [1.165, 1.54) is 17.3 Å². The Morgan fingerprint density at radius 3 is 2.33 bits per heavy atom. The Labute approximate surface area is 242 Å². The molecule has 0 N–H and O–H groups in total. The van der Waals surface area contributed by atoms with Crippen LogP contribution in [0.4, 0.5) is 4.39 Å². The van der Waals surface area contributed by atoms with Gasteiger partial charge in [0.25, 0.3) is 0 Å². The van der Waals surface area contributed by atoms with Crippen LogP contribution in [-0.2, 0) is 20.1 Å². The zero-order valence-corrected chi connectivity index (χ0v) is 25.9. The van der Waals surface area contributed by atoms with Gasteiger partial charge in [-0.05, 0) is 48.6 Å². The first-order valence-corrected chi connectivity index (χ1v) is 16.0. The summed E-state index contributed by atoms with van der Waals surface area (Å²) < 4.78 is 18.8. The molecule has 0 bridgehead atoms. The van der Waals surface area contributed by atoms with Gasteiger partial charge in [0, 0.05) is 49.4 Å². The summed E-state index contributed by atoms with van der Waals surface area (Å²) in [6, 6.07) is 26.7. The summed E-state index contributed by atoms with van der Waals surface area (Å²) in [5.74, 6) is -0.271. The Morgan fingerprint density at radius 2 is 1.67 bits per heavy atom. The Balaban J connectivity index is 0.000000181. The molecule has 0 atom stereocenters. The van der Waals surface area contributed by atoms with Crippen LogP contribution in [0.2, 0.25) is 19.6 Å². The molecule has 1 radical (unpaired) electrons. The van der Waals surface area contributed by atoms with E-state index in [9.17, 15) is 4.39 Å². The standard InChI is InChI=1S/C18H13N2O.C14H15FNSi.Ir/c1-11-8-9-19-16(10-11)15-5-3-4-13-14-7-6-12(2)20-18(14)21-17(13)15;1-17(2,3)13-8-9-14(16-10-13)11-4-6-12(15)7-5-11;/h3-4,6-10H,1-2H3;4,6-10H,1-3H3;/q2*-1;. The van der Waals surface area contributed by atoms with Gasteiger partial charge in [0.15, 0.2) is 0 Å². The number of nitrogens with zero attached hydrogens (tertiary/aromatic N) is 3. The molecule has 0 aliphatic rings. The molecule has 4 aromatic heterocycles. The Morgan fingerprint density at radius 1 is 0.846 bits per heavy atom. The van der Waals surface area contributed by atoms with E-state index in [4.69, 9.17) is 4.42 Å². The molecule has 6 rings (SSSR count). The van der Waals surface area contributed by atoms with Crippen molar-refractivity contribution in [3.63, 3.8) is 0 Å². The van der Waals surface area contributed by atoms with Crippen molar-refractivity contribution in [2.75, 3.05) is 0 Å². The Hall–Kier alpha value is -3.51. The number of benzene rings is 2. The van der Waals surface area contributed by atoms with Crippen molar-refractivity contribution in [1.82, 2.24) is 15.0 Å². The topological polar surface area (TPSA) is 51.8 Å². The van der Waals surface area contributed by atoms with Gasteiger partial charge in [-0.25, -0.2) is 4.98 Å². The van der Waals surface area contributed by atoms with E-state index < -0.39 is 8.07 Å². The van der Waals surface area contributed by atoms with E-state index in [0.29, 0.717) is 5.71 Å². The van der Waals surface area contributed by atoms with Crippen LogP contribution in [0.1, 0.15) is 11.3 Å². The molecule has 0 fully saturated rings. The molecule has 0 aliphatic carbocycles. The average molecular weight is 710 g/mol. The van der Waals surface area contributed by atoms with Crippen molar-refractivity contribution < 1.29 is 28.9 Å². The number of furan rings is 1. The zero-order chi connectivity index (χ0) is 26.9. The molecular formula is C32H28FIrN3OSi-2. The maximum atomic E-state index is 12.8. The number of hydrogen-bond donors (Lipinski definition) is 0. The molecule has 4 heterocycles. The van der Waals surface area contributed by atoms with Gasteiger partial charge in [-0.2, -0.15) is 0 Å². The van der Waals surface area contributed by atoms with E-state index in [-0.39, 0.29) is 25.9 Å². The minimum absolute atomic E-state index is 0. The first-order chi connectivity index (χ1) is 18.2. The van der Waals surface area contributed by atoms with Gasteiger partial charge in [-0.15, -0.1) is 48.0 Å². The number of aromatic nitrogens is 3. The quantitative estimate of drug-likeness (QED) is 0.140. The van der Waals surface area contributed by atoms with Gasteiger partial charge in [0.1, 0.15) is 0 Å². The van der Waals surface area contributed by atoms with Gasteiger partial charge in [0.05, 0.1) is 13.7 Å². The molecule has 7 heteroatoms. The molecule has 0 saturated carbocycles. The van der Waals surface area contributed by atoms with Gasteiger partial charge >= 0.3 is 0 Å². The van der Waals surface area contributed by atoms with Crippen molar-refractivity contribution in [3.05, 3.63) is 108 Å². The van der Waals surface area contributed by atoms with Crippen LogP contribution in [0.15, 0.2) is 83.5 Å². The smallest absolute Gasteiger partial charge is 0.216 e. The van der Waals surface area contributed by atoms with Crippen molar-refractivity contribution in [3.8, 4) is 22.5 Å². The second-order valence-corrected chi connectivity index (χ2v) is 15.4. The van der Waals surface area contributed by atoms with Crippen LogP contribution < -0.4 is 5.19 Å². The number of rotatable bonds is 3.